The lowest BCUT2D eigenvalue weighted by Crippen LogP contribution is -2.46. The highest BCUT2D eigenvalue weighted by Gasteiger charge is 2.37. The highest BCUT2D eigenvalue weighted by atomic mass is 35.5. The fraction of sp³-hybridized carbons (Fsp3) is 0.269. The number of nitrogens with one attached hydrogen (secondary N) is 1. The monoisotopic (exact) mass is 449 g/mol. The first-order valence-electron chi connectivity index (χ1n) is 10.8. The molecule has 0 unspecified atom stereocenters. The van der Waals surface area contributed by atoms with Crippen LogP contribution in [0.2, 0.25) is 10.0 Å². The van der Waals surface area contributed by atoms with Gasteiger partial charge in [-0.1, -0.05) is 71.7 Å². The van der Waals surface area contributed by atoms with Gasteiger partial charge in [0.25, 0.3) is 0 Å². The molecule has 0 saturated carbocycles. The van der Waals surface area contributed by atoms with E-state index in [9.17, 15) is 0 Å². The Morgan fingerprint density at radius 1 is 0.871 bits per heavy atom. The van der Waals surface area contributed by atoms with Gasteiger partial charge >= 0.3 is 0 Å². The van der Waals surface area contributed by atoms with Crippen LogP contribution in [0.4, 0.5) is 5.69 Å². The summed E-state index contributed by atoms with van der Waals surface area (Å²) in [5.74, 6) is 0. The molecule has 1 fully saturated rings. The van der Waals surface area contributed by atoms with Crippen molar-refractivity contribution in [3.63, 3.8) is 0 Å². The smallest absolute Gasteiger partial charge is 0.0811 e. The van der Waals surface area contributed by atoms with Gasteiger partial charge in [-0.05, 0) is 42.7 Å². The summed E-state index contributed by atoms with van der Waals surface area (Å²) >= 11 is 13.0. The molecule has 0 aliphatic carbocycles. The summed E-state index contributed by atoms with van der Waals surface area (Å²) in [6.07, 6.45) is 2.00. The number of rotatable bonds is 3. The van der Waals surface area contributed by atoms with Crippen LogP contribution in [0.25, 0.3) is 0 Å². The zero-order chi connectivity index (χ0) is 21.3. The molecule has 1 spiro atoms. The van der Waals surface area contributed by atoms with Crippen LogP contribution < -0.4 is 5.32 Å². The van der Waals surface area contributed by atoms with Crippen LogP contribution >= 0.6 is 23.2 Å². The molecule has 3 nitrogen and oxygen atoms in total. The molecule has 2 aliphatic heterocycles. The largest absolute Gasteiger partial charge is 0.382 e. The molecule has 5 rings (SSSR count). The zero-order valence-corrected chi connectivity index (χ0v) is 18.8. The van der Waals surface area contributed by atoms with Gasteiger partial charge in [0, 0.05) is 53.0 Å². The Morgan fingerprint density at radius 2 is 1.61 bits per heavy atom. The van der Waals surface area contributed by atoms with Crippen molar-refractivity contribution in [3.05, 3.63) is 99.5 Å². The SMILES string of the molecule is Clc1ccc2c(c1)C(c1ccccc1Cl)=NC1(CCN(Cc3ccccc3)CC1)CN2. The Balaban J connectivity index is 1.47. The van der Waals surface area contributed by atoms with Crippen molar-refractivity contribution in [2.24, 2.45) is 4.99 Å². The van der Waals surface area contributed by atoms with Crippen molar-refractivity contribution in [1.82, 2.24) is 4.90 Å². The van der Waals surface area contributed by atoms with E-state index < -0.39 is 0 Å². The predicted molar refractivity (Wildman–Crippen MR) is 131 cm³/mol. The van der Waals surface area contributed by atoms with E-state index in [1.165, 1.54) is 5.56 Å². The Kier molecular flexibility index (Phi) is 5.75. The van der Waals surface area contributed by atoms with Crippen molar-refractivity contribution < 1.29 is 0 Å². The molecule has 0 radical (unpaired) electrons. The minimum Gasteiger partial charge on any atom is -0.382 e. The number of aliphatic imine (C=N–C) groups is 1. The predicted octanol–water partition coefficient (Wildman–Crippen LogP) is 6.29. The first kappa shape index (κ1) is 20.6. The highest BCUT2D eigenvalue weighted by molar-refractivity contribution is 6.36. The van der Waals surface area contributed by atoms with Gasteiger partial charge in [0.05, 0.1) is 11.3 Å². The molecule has 2 aliphatic rings. The van der Waals surface area contributed by atoms with E-state index in [-0.39, 0.29) is 5.54 Å². The summed E-state index contributed by atoms with van der Waals surface area (Å²) in [6.45, 7) is 3.84. The molecule has 0 aromatic heterocycles. The van der Waals surface area contributed by atoms with E-state index in [1.54, 1.807) is 0 Å². The van der Waals surface area contributed by atoms with Gasteiger partial charge in [-0.15, -0.1) is 0 Å². The average molecular weight is 450 g/mol. The van der Waals surface area contributed by atoms with E-state index in [0.717, 1.165) is 61.5 Å². The van der Waals surface area contributed by atoms with E-state index in [1.807, 2.05) is 36.4 Å². The maximum Gasteiger partial charge on any atom is 0.0811 e. The van der Waals surface area contributed by atoms with Crippen LogP contribution in [0, 0.1) is 0 Å². The van der Waals surface area contributed by atoms with Crippen LogP contribution in [0.15, 0.2) is 77.8 Å². The summed E-state index contributed by atoms with van der Waals surface area (Å²) in [4.78, 5) is 7.93. The van der Waals surface area contributed by atoms with Gasteiger partial charge in [-0.25, -0.2) is 0 Å². The van der Waals surface area contributed by atoms with Crippen molar-refractivity contribution in [2.75, 3.05) is 25.0 Å². The van der Waals surface area contributed by atoms with Gasteiger partial charge in [0.15, 0.2) is 0 Å². The quantitative estimate of drug-likeness (QED) is 0.508. The number of fused-ring (bicyclic) bond motifs is 1. The van der Waals surface area contributed by atoms with Gasteiger partial charge in [-0.3, -0.25) is 9.89 Å². The molecule has 0 atom stereocenters. The van der Waals surface area contributed by atoms with E-state index in [4.69, 9.17) is 28.2 Å². The molecule has 2 heterocycles. The van der Waals surface area contributed by atoms with Crippen LogP contribution in [-0.4, -0.2) is 35.8 Å². The van der Waals surface area contributed by atoms with Gasteiger partial charge in [0.1, 0.15) is 0 Å². The number of halogens is 2. The third-order valence-electron chi connectivity index (χ3n) is 6.36. The third-order valence-corrected chi connectivity index (χ3v) is 6.92. The molecular weight excluding hydrogens is 425 g/mol. The lowest BCUT2D eigenvalue weighted by Gasteiger charge is -2.39. The van der Waals surface area contributed by atoms with Crippen molar-refractivity contribution in [2.45, 2.75) is 24.9 Å². The number of benzene rings is 3. The van der Waals surface area contributed by atoms with Crippen LogP contribution in [0.3, 0.4) is 0 Å². The number of likely N-dealkylation sites (tertiary alicyclic amines) is 1. The number of anilines is 1. The second kappa shape index (κ2) is 8.66. The highest BCUT2D eigenvalue weighted by Crippen LogP contribution is 2.36. The topological polar surface area (TPSA) is 27.6 Å². The fourth-order valence-corrected chi connectivity index (χ4v) is 4.98. The van der Waals surface area contributed by atoms with Crippen molar-refractivity contribution in [1.29, 1.82) is 0 Å². The van der Waals surface area contributed by atoms with Crippen LogP contribution in [-0.2, 0) is 6.54 Å². The first-order chi connectivity index (χ1) is 15.1. The number of piperidine rings is 1. The van der Waals surface area contributed by atoms with Gasteiger partial charge in [0.2, 0.25) is 0 Å². The fourth-order valence-electron chi connectivity index (χ4n) is 4.58. The summed E-state index contributed by atoms with van der Waals surface area (Å²) in [5, 5.41) is 5.08. The first-order valence-corrected chi connectivity index (χ1v) is 11.5. The molecule has 158 valence electrons. The molecule has 3 aromatic rings. The summed E-state index contributed by atoms with van der Waals surface area (Å²) < 4.78 is 0. The summed E-state index contributed by atoms with van der Waals surface area (Å²) in [5.41, 5.74) is 5.18. The van der Waals surface area contributed by atoms with Crippen molar-refractivity contribution in [3.8, 4) is 0 Å². The van der Waals surface area contributed by atoms with E-state index in [2.05, 4.69) is 46.6 Å². The third kappa shape index (κ3) is 4.36. The second-order valence-electron chi connectivity index (χ2n) is 8.47. The van der Waals surface area contributed by atoms with E-state index >= 15 is 0 Å². The second-order valence-corrected chi connectivity index (χ2v) is 9.31. The Morgan fingerprint density at radius 3 is 2.39 bits per heavy atom. The average Bonchev–Trinajstić information content (AvgIpc) is 2.94. The maximum atomic E-state index is 6.62. The lowest BCUT2D eigenvalue weighted by molar-refractivity contribution is 0.163. The minimum atomic E-state index is -0.160. The number of hydrogen-bond donors (Lipinski definition) is 1. The van der Waals surface area contributed by atoms with Gasteiger partial charge in [-0.2, -0.15) is 0 Å². The Labute approximate surface area is 193 Å². The molecule has 1 saturated heterocycles. The lowest BCUT2D eigenvalue weighted by atomic mass is 9.87. The molecule has 31 heavy (non-hydrogen) atoms. The standard InChI is InChI=1S/C26H25Cl2N3/c27-20-10-11-24-22(16-20)25(21-8-4-5-9-23(21)28)30-26(18-29-24)12-14-31(15-13-26)17-19-6-2-1-3-7-19/h1-11,16,29H,12-15,17-18H2. The molecular formula is C26H25Cl2N3. The summed E-state index contributed by atoms with van der Waals surface area (Å²) in [6, 6.07) is 24.6. The number of nitrogens with zero attached hydrogens (tertiary/aromatic N) is 2. The maximum absolute atomic E-state index is 6.62. The van der Waals surface area contributed by atoms with Gasteiger partial charge < -0.3 is 5.32 Å². The Bertz CT molecular complexity index is 1100. The molecule has 3 aromatic carbocycles. The van der Waals surface area contributed by atoms with Crippen molar-refractivity contribution >= 4 is 34.6 Å². The van der Waals surface area contributed by atoms with Crippen LogP contribution in [0.5, 0.6) is 0 Å². The van der Waals surface area contributed by atoms with Crippen LogP contribution in [0.1, 0.15) is 29.5 Å². The minimum absolute atomic E-state index is 0.160. The molecule has 1 N–H and O–H groups in total. The normalized spacial score (nSPS) is 18.1. The number of hydrogen-bond acceptors (Lipinski definition) is 3. The zero-order valence-electron chi connectivity index (χ0n) is 17.3. The van der Waals surface area contributed by atoms with E-state index in [0.29, 0.717) is 10.0 Å². The summed E-state index contributed by atoms with van der Waals surface area (Å²) in [7, 11) is 0. The molecule has 5 heteroatoms. The Hall–Kier alpha value is -2.33. The molecule has 0 bridgehead atoms. The molecule has 0 amide bonds.